The highest BCUT2D eigenvalue weighted by molar-refractivity contribution is 7.14. The van der Waals surface area contributed by atoms with Gasteiger partial charge in [-0.3, -0.25) is 5.43 Å². The summed E-state index contributed by atoms with van der Waals surface area (Å²) in [6.45, 7) is 7.20. The van der Waals surface area contributed by atoms with Crippen LogP contribution in [0.1, 0.15) is 40.0 Å². The minimum atomic E-state index is 0.240. The third kappa shape index (κ3) is 2.23. The second-order valence-electron chi connectivity index (χ2n) is 7.57. The molecule has 120 valence electrons. The lowest BCUT2D eigenvalue weighted by molar-refractivity contribution is 0.194. The van der Waals surface area contributed by atoms with Gasteiger partial charge in [-0.25, -0.2) is 4.98 Å². The summed E-state index contributed by atoms with van der Waals surface area (Å²) in [6.07, 6.45) is 3.74. The van der Waals surface area contributed by atoms with Gasteiger partial charge < -0.3 is 0 Å². The van der Waals surface area contributed by atoms with E-state index in [2.05, 4.69) is 48.7 Å². The maximum absolute atomic E-state index is 4.77. The Morgan fingerprint density at radius 3 is 2.65 bits per heavy atom. The van der Waals surface area contributed by atoms with Crippen molar-refractivity contribution in [2.75, 3.05) is 5.43 Å². The average Bonchev–Trinajstić information content (AvgIpc) is 3.16. The number of fused-ring (bicyclic) bond motifs is 2. The van der Waals surface area contributed by atoms with Crippen molar-refractivity contribution >= 4 is 22.2 Å². The van der Waals surface area contributed by atoms with E-state index in [9.17, 15) is 0 Å². The molecule has 0 spiro atoms. The van der Waals surface area contributed by atoms with Gasteiger partial charge in [0.15, 0.2) is 0 Å². The van der Waals surface area contributed by atoms with Crippen molar-refractivity contribution < 1.29 is 0 Å². The molecular weight excluding hydrogens is 302 g/mol. The fraction of sp³-hybridized carbons (Fsp3) is 0.474. The van der Waals surface area contributed by atoms with Crippen LogP contribution in [0.25, 0.3) is 11.3 Å². The molecule has 0 aliphatic heterocycles. The normalized spacial score (nSPS) is 30.0. The van der Waals surface area contributed by atoms with E-state index in [0.717, 1.165) is 28.7 Å². The Kier molecular flexibility index (Phi) is 3.34. The lowest BCUT2D eigenvalue weighted by Gasteiger charge is -2.34. The lowest BCUT2D eigenvalue weighted by atomic mass is 9.70. The summed E-state index contributed by atoms with van der Waals surface area (Å²) in [4.78, 5) is 4.66. The molecule has 4 heteroatoms. The number of hydrogen-bond acceptors (Lipinski definition) is 4. The summed E-state index contributed by atoms with van der Waals surface area (Å²) in [5, 5.41) is 7.73. The zero-order valence-corrected chi connectivity index (χ0v) is 14.8. The van der Waals surface area contributed by atoms with Crippen LogP contribution in [-0.4, -0.2) is 10.7 Å². The Labute approximate surface area is 141 Å². The van der Waals surface area contributed by atoms with Crippen molar-refractivity contribution in [1.29, 1.82) is 0 Å². The van der Waals surface area contributed by atoms with E-state index in [4.69, 9.17) is 5.10 Å². The van der Waals surface area contributed by atoms with Crippen molar-refractivity contribution in [3.05, 3.63) is 35.7 Å². The van der Waals surface area contributed by atoms with Crippen LogP contribution < -0.4 is 5.43 Å². The van der Waals surface area contributed by atoms with Gasteiger partial charge >= 0.3 is 0 Å². The van der Waals surface area contributed by atoms with Crippen molar-refractivity contribution in [3.8, 4) is 11.3 Å². The summed E-state index contributed by atoms with van der Waals surface area (Å²) in [5.74, 6) is 0.782. The van der Waals surface area contributed by atoms with Gasteiger partial charge in [0.1, 0.15) is 0 Å². The second-order valence-corrected chi connectivity index (χ2v) is 8.43. The average molecular weight is 325 g/mol. The van der Waals surface area contributed by atoms with E-state index in [0.29, 0.717) is 5.41 Å². The molecular formula is C19H23N3S. The summed E-state index contributed by atoms with van der Waals surface area (Å²) in [5.41, 5.74) is 7.32. The first-order chi connectivity index (χ1) is 11.0. The van der Waals surface area contributed by atoms with Crippen molar-refractivity contribution in [3.63, 3.8) is 0 Å². The fourth-order valence-electron chi connectivity index (χ4n) is 4.28. The first kappa shape index (κ1) is 14.9. The van der Waals surface area contributed by atoms with Crippen molar-refractivity contribution in [2.45, 2.75) is 40.0 Å². The molecule has 2 bridgehead atoms. The SMILES string of the molecule is CC1(C)[C@H]2CC[C@]1(C)/C(=N/Nc1nc(-c3ccccc3)cs1)C2. The number of hydrogen-bond donors (Lipinski definition) is 1. The van der Waals surface area contributed by atoms with Crippen LogP contribution >= 0.6 is 11.3 Å². The largest absolute Gasteiger partial charge is 0.253 e. The molecule has 2 fully saturated rings. The number of hydrazone groups is 1. The Bertz CT molecular complexity index is 747. The predicted octanol–water partition coefficient (Wildman–Crippen LogP) is 5.42. The summed E-state index contributed by atoms with van der Waals surface area (Å²) < 4.78 is 0. The molecule has 0 radical (unpaired) electrons. The van der Waals surface area contributed by atoms with Crippen molar-refractivity contribution in [1.82, 2.24) is 4.98 Å². The van der Waals surface area contributed by atoms with Crippen LogP contribution in [-0.2, 0) is 0 Å². The van der Waals surface area contributed by atoms with Gasteiger partial charge in [-0.1, -0.05) is 51.1 Å². The van der Waals surface area contributed by atoms with Gasteiger partial charge in [0.2, 0.25) is 5.13 Å². The van der Waals surface area contributed by atoms with Crippen LogP contribution in [0, 0.1) is 16.7 Å². The van der Waals surface area contributed by atoms with Crippen molar-refractivity contribution in [2.24, 2.45) is 21.8 Å². The molecule has 2 atom stereocenters. The number of rotatable bonds is 3. The lowest BCUT2D eigenvalue weighted by Crippen LogP contribution is -2.32. The van der Waals surface area contributed by atoms with Gasteiger partial charge in [-0.2, -0.15) is 5.10 Å². The third-order valence-corrected chi connectivity index (χ3v) is 7.12. The molecule has 0 saturated heterocycles. The van der Waals surface area contributed by atoms with E-state index >= 15 is 0 Å². The minimum Gasteiger partial charge on any atom is -0.253 e. The highest BCUT2D eigenvalue weighted by Crippen LogP contribution is 2.63. The number of benzene rings is 1. The molecule has 23 heavy (non-hydrogen) atoms. The number of aromatic nitrogens is 1. The topological polar surface area (TPSA) is 37.3 Å². The zero-order valence-electron chi connectivity index (χ0n) is 14.0. The highest BCUT2D eigenvalue weighted by atomic mass is 32.1. The number of nitrogens with one attached hydrogen (secondary N) is 1. The molecule has 2 saturated carbocycles. The van der Waals surface area contributed by atoms with Crippen LogP contribution in [0.5, 0.6) is 0 Å². The highest BCUT2D eigenvalue weighted by Gasteiger charge is 2.59. The predicted molar refractivity (Wildman–Crippen MR) is 97.8 cm³/mol. The second kappa shape index (κ2) is 5.17. The van der Waals surface area contributed by atoms with Gasteiger partial charge in [-0.15, -0.1) is 11.3 Å². The standard InChI is InChI=1S/C19H23N3S/c1-18(2)14-9-10-19(18,3)16(11-14)21-22-17-20-15(12-23-17)13-7-5-4-6-8-13/h4-8,12,14H,9-11H2,1-3H3,(H,20,22)/b21-16+/t14-,19+/m0/s1. The van der Waals surface area contributed by atoms with Gasteiger partial charge in [0.25, 0.3) is 0 Å². The Morgan fingerprint density at radius 1 is 1.22 bits per heavy atom. The number of nitrogens with zero attached hydrogens (tertiary/aromatic N) is 2. The summed E-state index contributed by atoms with van der Waals surface area (Å²) in [6, 6.07) is 10.3. The molecule has 0 amide bonds. The molecule has 2 aromatic rings. The maximum atomic E-state index is 4.77. The van der Waals surface area contributed by atoms with Gasteiger partial charge in [0, 0.05) is 22.1 Å². The molecule has 0 unspecified atom stereocenters. The molecule has 3 nitrogen and oxygen atoms in total. The van der Waals surface area contributed by atoms with E-state index in [1.807, 2.05) is 18.2 Å². The van der Waals surface area contributed by atoms with Crippen LogP contribution in [0.15, 0.2) is 40.8 Å². The quantitative estimate of drug-likeness (QED) is 0.765. The molecule has 1 aromatic carbocycles. The van der Waals surface area contributed by atoms with E-state index in [-0.39, 0.29) is 5.41 Å². The minimum absolute atomic E-state index is 0.240. The molecule has 1 N–H and O–H groups in total. The van der Waals surface area contributed by atoms with E-state index in [1.54, 1.807) is 11.3 Å². The van der Waals surface area contributed by atoms with E-state index in [1.165, 1.54) is 18.6 Å². The summed E-state index contributed by atoms with van der Waals surface area (Å²) >= 11 is 1.62. The zero-order chi connectivity index (χ0) is 16.1. The van der Waals surface area contributed by atoms with Gasteiger partial charge in [-0.05, 0) is 30.6 Å². The first-order valence-corrected chi connectivity index (χ1v) is 9.23. The van der Waals surface area contributed by atoms with Crippen LogP contribution in [0.4, 0.5) is 5.13 Å². The Hall–Kier alpha value is -1.68. The first-order valence-electron chi connectivity index (χ1n) is 8.35. The Morgan fingerprint density at radius 2 is 2.00 bits per heavy atom. The van der Waals surface area contributed by atoms with E-state index < -0.39 is 0 Å². The monoisotopic (exact) mass is 325 g/mol. The summed E-state index contributed by atoms with van der Waals surface area (Å²) in [7, 11) is 0. The third-order valence-electron chi connectivity index (χ3n) is 6.37. The molecule has 1 heterocycles. The maximum Gasteiger partial charge on any atom is 0.203 e. The molecule has 4 rings (SSSR count). The molecule has 1 aromatic heterocycles. The Balaban J connectivity index is 1.53. The fourth-order valence-corrected chi connectivity index (χ4v) is 4.94. The van der Waals surface area contributed by atoms with Crippen LogP contribution in [0.2, 0.25) is 0 Å². The van der Waals surface area contributed by atoms with Gasteiger partial charge in [0.05, 0.1) is 5.69 Å². The smallest absolute Gasteiger partial charge is 0.203 e. The number of thiazole rings is 1. The van der Waals surface area contributed by atoms with Crippen LogP contribution in [0.3, 0.4) is 0 Å². The molecule has 2 aliphatic rings. The molecule has 2 aliphatic carbocycles. The number of anilines is 1.